The molecule has 0 aliphatic carbocycles. The number of thiocarbonyl (C=S) groups is 1. The molecule has 0 aromatic carbocycles. The first kappa shape index (κ1) is 8.25. The van der Waals surface area contributed by atoms with Crippen LogP contribution in [0.2, 0.25) is 0 Å². The van der Waals surface area contributed by atoms with Crippen LogP contribution < -0.4 is 5.32 Å². The largest absolute Gasteiger partial charge is 0.357 e. The van der Waals surface area contributed by atoms with E-state index in [1.54, 1.807) is 0 Å². The summed E-state index contributed by atoms with van der Waals surface area (Å²) in [5, 5.41) is 3.67. The van der Waals surface area contributed by atoms with Crippen LogP contribution in [-0.2, 0) is 9.84 Å². The number of nitrogens with one attached hydrogen (secondary N) is 1. The summed E-state index contributed by atoms with van der Waals surface area (Å²) >= 11 is 4.99. The Kier molecular flexibility index (Phi) is 1.60. The van der Waals surface area contributed by atoms with E-state index in [4.69, 9.17) is 12.2 Å². The van der Waals surface area contributed by atoms with Gasteiger partial charge in [-0.25, -0.2) is 8.42 Å². The van der Waals surface area contributed by atoms with Crippen LogP contribution in [0.1, 0.15) is 0 Å². The number of nitrogens with zero attached hydrogens (tertiary/aromatic N) is 1. The Morgan fingerprint density at radius 2 is 2.25 bits per heavy atom. The zero-order valence-corrected chi connectivity index (χ0v) is 8.28. The lowest BCUT2D eigenvalue weighted by Gasteiger charge is -2.15. The minimum Gasteiger partial charge on any atom is -0.357 e. The Labute approximate surface area is 76.8 Å². The van der Waals surface area contributed by atoms with Gasteiger partial charge >= 0.3 is 0 Å². The van der Waals surface area contributed by atoms with Crippen LogP contribution in [0.15, 0.2) is 0 Å². The van der Waals surface area contributed by atoms with Gasteiger partial charge in [0, 0.05) is 7.05 Å². The standard InChI is InChI=1S/C6H10N2O2S2/c1-8-5-3-12(9,10)2-4(5)7-6(8)11/h4-5H,2-3H2,1H3,(H,7,11)/t4-,5+/m1/s1. The van der Waals surface area contributed by atoms with Gasteiger partial charge in [0.15, 0.2) is 14.9 Å². The summed E-state index contributed by atoms with van der Waals surface area (Å²) in [6.45, 7) is 0. The second-order valence-electron chi connectivity index (χ2n) is 3.31. The molecule has 2 rings (SSSR count). The van der Waals surface area contributed by atoms with Gasteiger partial charge < -0.3 is 10.2 Å². The van der Waals surface area contributed by atoms with Crippen molar-refractivity contribution in [3.63, 3.8) is 0 Å². The normalized spacial score (nSPS) is 38.1. The predicted octanol–water partition coefficient (Wildman–Crippen LogP) is -1.03. The summed E-state index contributed by atoms with van der Waals surface area (Å²) in [5.74, 6) is 0.462. The van der Waals surface area contributed by atoms with Gasteiger partial charge in [-0.2, -0.15) is 0 Å². The van der Waals surface area contributed by atoms with E-state index in [0.29, 0.717) is 5.11 Å². The van der Waals surface area contributed by atoms with E-state index < -0.39 is 9.84 Å². The molecule has 2 fully saturated rings. The van der Waals surface area contributed by atoms with Gasteiger partial charge in [-0.05, 0) is 12.2 Å². The van der Waals surface area contributed by atoms with E-state index in [1.165, 1.54) is 0 Å². The molecule has 6 heteroatoms. The highest BCUT2D eigenvalue weighted by Crippen LogP contribution is 2.22. The molecule has 0 spiro atoms. The molecule has 1 N–H and O–H groups in total. The van der Waals surface area contributed by atoms with Gasteiger partial charge in [-0.3, -0.25) is 0 Å². The third kappa shape index (κ3) is 1.09. The van der Waals surface area contributed by atoms with Crippen molar-refractivity contribution in [2.75, 3.05) is 18.6 Å². The number of sulfone groups is 1. The summed E-state index contributed by atoms with van der Waals surface area (Å²) in [6.07, 6.45) is 0. The van der Waals surface area contributed by atoms with Gasteiger partial charge in [0.25, 0.3) is 0 Å². The van der Waals surface area contributed by atoms with Crippen molar-refractivity contribution in [2.45, 2.75) is 12.1 Å². The fraction of sp³-hybridized carbons (Fsp3) is 0.833. The summed E-state index contributed by atoms with van der Waals surface area (Å²) < 4.78 is 22.4. The maximum atomic E-state index is 11.2. The molecular weight excluding hydrogens is 196 g/mol. The molecular formula is C6H10N2O2S2. The topological polar surface area (TPSA) is 49.4 Å². The van der Waals surface area contributed by atoms with Crippen LogP contribution in [0, 0.1) is 0 Å². The summed E-state index contributed by atoms with van der Waals surface area (Å²) in [6, 6.07) is 0.0787. The van der Waals surface area contributed by atoms with Crippen molar-refractivity contribution in [1.82, 2.24) is 10.2 Å². The Balaban J connectivity index is 2.27. The van der Waals surface area contributed by atoms with Crippen molar-refractivity contribution in [3.05, 3.63) is 0 Å². The molecule has 0 bridgehead atoms. The minimum atomic E-state index is -2.83. The highest BCUT2D eigenvalue weighted by molar-refractivity contribution is 7.91. The van der Waals surface area contributed by atoms with Crippen molar-refractivity contribution in [1.29, 1.82) is 0 Å². The van der Waals surface area contributed by atoms with E-state index in [0.717, 1.165) is 0 Å². The molecule has 0 aromatic rings. The van der Waals surface area contributed by atoms with Gasteiger partial charge in [0.1, 0.15) is 0 Å². The average Bonchev–Trinajstić information content (AvgIpc) is 2.33. The van der Waals surface area contributed by atoms with Crippen LogP contribution >= 0.6 is 12.2 Å². The predicted molar refractivity (Wildman–Crippen MR) is 49.7 cm³/mol. The maximum absolute atomic E-state index is 11.2. The van der Waals surface area contributed by atoms with Gasteiger partial charge in [-0.1, -0.05) is 0 Å². The molecule has 0 saturated carbocycles. The molecule has 0 amide bonds. The number of likely N-dealkylation sites (N-methyl/N-ethyl adjacent to an activating group) is 1. The lowest BCUT2D eigenvalue weighted by molar-refractivity contribution is 0.416. The maximum Gasteiger partial charge on any atom is 0.169 e. The van der Waals surface area contributed by atoms with Crippen LogP contribution in [0.25, 0.3) is 0 Å². The van der Waals surface area contributed by atoms with Crippen LogP contribution in [0.4, 0.5) is 0 Å². The molecule has 12 heavy (non-hydrogen) atoms. The second-order valence-corrected chi connectivity index (χ2v) is 5.85. The lowest BCUT2D eigenvalue weighted by atomic mass is 10.2. The Morgan fingerprint density at radius 1 is 1.58 bits per heavy atom. The second kappa shape index (κ2) is 2.32. The molecule has 2 atom stereocenters. The quantitative estimate of drug-likeness (QED) is 0.514. The zero-order valence-electron chi connectivity index (χ0n) is 6.65. The Hall–Kier alpha value is -0.360. The van der Waals surface area contributed by atoms with E-state index in [1.807, 2.05) is 11.9 Å². The van der Waals surface area contributed by atoms with Crippen LogP contribution in [-0.4, -0.2) is 49.1 Å². The highest BCUT2D eigenvalue weighted by Gasteiger charge is 2.45. The third-order valence-corrected chi connectivity index (χ3v) is 4.57. The first-order chi connectivity index (χ1) is 5.49. The van der Waals surface area contributed by atoms with Gasteiger partial charge in [0.05, 0.1) is 23.6 Å². The molecule has 0 radical (unpaired) electrons. The number of hydrogen-bond donors (Lipinski definition) is 1. The molecule has 0 aromatic heterocycles. The lowest BCUT2D eigenvalue weighted by Crippen LogP contribution is -2.32. The Morgan fingerprint density at radius 3 is 2.83 bits per heavy atom. The molecule has 2 heterocycles. The van der Waals surface area contributed by atoms with Crippen molar-refractivity contribution in [2.24, 2.45) is 0 Å². The number of rotatable bonds is 0. The molecule has 2 aliphatic rings. The average molecular weight is 206 g/mol. The zero-order chi connectivity index (χ0) is 8.93. The highest BCUT2D eigenvalue weighted by atomic mass is 32.2. The monoisotopic (exact) mass is 206 g/mol. The van der Waals surface area contributed by atoms with Crippen LogP contribution in [0.3, 0.4) is 0 Å². The van der Waals surface area contributed by atoms with Gasteiger partial charge in [-0.15, -0.1) is 0 Å². The number of fused-ring (bicyclic) bond motifs is 1. The Bertz CT molecular complexity index is 324. The molecule has 4 nitrogen and oxygen atoms in total. The molecule has 0 unspecified atom stereocenters. The van der Waals surface area contributed by atoms with Crippen molar-refractivity contribution >= 4 is 27.2 Å². The summed E-state index contributed by atoms with van der Waals surface area (Å²) in [7, 11) is -0.991. The van der Waals surface area contributed by atoms with E-state index in [-0.39, 0.29) is 23.6 Å². The smallest absolute Gasteiger partial charge is 0.169 e. The first-order valence-corrected chi connectivity index (χ1v) is 5.96. The van der Waals surface area contributed by atoms with E-state index in [2.05, 4.69) is 5.32 Å². The molecule has 2 saturated heterocycles. The summed E-state index contributed by atoms with van der Waals surface area (Å²) in [4.78, 5) is 1.84. The molecule has 2 aliphatic heterocycles. The van der Waals surface area contributed by atoms with Crippen LogP contribution in [0.5, 0.6) is 0 Å². The van der Waals surface area contributed by atoms with Crippen molar-refractivity contribution in [3.8, 4) is 0 Å². The van der Waals surface area contributed by atoms with Gasteiger partial charge in [0.2, 0.25) is 0 Å². The minimum absolute atomic E-state index is 0.0208. The van der Waals surface area contributed by atoms with Crippen molar-refractivity contribution < 1.29 is 8.42 Å². The molecule has 68 valence electrons. The first-order valence-electron chi connectivity index (χ1n) is 3.73. The SMILES string of the molecule is CN1C(=S)N[C@@H]2CS(=O)(=O)C[C@@H]21. The van der Waals surface area contributed by atoms with E-state index >= 15 is 0 Å². The number of hydrogen-bond acceptors (Lipinski definition) is 3. The third-order valence-electron chi connectivity index (χ3n) is 2.45. The fourth-order valence-electron chi connectivity index (χ4n) is 1.76. The summed E-state index contributed by atoms with van der Waals surface area (Å²) in [5.41, 5.74) is 0. The van der Waals surface area contributed by atoms with E-state index in [9.17, 15) is 8.42 Å². The fourth-order valence-corrected chi connectivity index (χ4v) is 4.01.